The highest BCUT2D eigenvalue weighted by atomic mass is 16.5. The molecule has 0 aliphatic carbocycles. The van der Waals surface area contributed by atoms with Crippen LogP contribution in [0.4, 0.5) is 0 Å². The summed E-state index contributed by atoms with van der Waals surface area (Å²) in [5.74, 6) is 0.665. The third-order valence-corrected chi connectivity index (χ3v) is 3.21. The van der Waals surface area contributed by atoms with E-state index in [2.05, 4.69) is 35.6 Å². The van der Waals surface area contributed by atoms with Crippen molar-refractivity contribution in [3.8, 4) is 0 Å². The number of nitrogens with one attached hydrogen (secondary N) is 1. The van der Waals surface area contributed by atoms with E-state index in [9.17, 15) is 0 Å². The lowest BCUT2D eigenvalue weighted by molar-refractivity contribution is 0.0341. The molecule has 0 aromatic heterocycles. The third kappa shape index (κ3) is 2.80. The van der Waals surface area contributed by atoms with Gasteiger partial charge in [0.2, 0.25) is 0 Å². The smallest absolute Gasteiger partial charge is 0.0727 e. The fourth-order valence-corrected chi connectivity index (χ4v) is 2.31. The lowest BCUT2D eigenvalue weighted by atomic mass is 9.88. The molecule has 2 rings (SSSR count). The Labute approximate surface area is 91.6 Å². The maximum atomic E-state index is 5.51. The highest BCUT2D eigenvalue weighted by Gasteiger charge is 2.24. The lowest BCUT2D eigenvalue weighted by Crippen LogP contribution is -2.42. The van der Waals surface area contributed by atoms with Crippen LogP contribution < -0.4 is 5.32 Å². The van der Waals surface area contributed by atoms with Gasteiger partial charge in [-0.25, -0.2) is 0 Å². The van der Waals surface area contributed by atoms with Gasteiger partial charge in [0.25, 0.3) is 0 Å². The molecule has 2 heteroatoms. The lowest BCUT2D eigenvalue weighted by Gasteiger charge is -2.31. The van der Waals surface area contributed by atoms with Gasteiger partial charge in [-0.05, 0) is 30.9 Å². The van der Waals surface area contributed by atoms with E-state index in [0.29, 0.717) is 12.0 Å². The molecule has 1 unspecified atom stereocenters. The average molecular weight is 205 g/mol. The normalized spacial score (nSPS) is 26.5. The maximum Gasteiger partial charge on any atom is 0.0727 e. The van der Waals surface area contributed by atoms with Gasteiger partial charge in [0.05, 0.1) is 6.10 Å². The third-order valence-electron chi connectivity index (χ3n) is 3.21. The summed E-state index contributed by atoms with van der Waals surface area (Å²) in [5.41, 5.74) is 1.42. The molecule has 1 aromatic rings. The molecular weight excluding hydrogens is 186 g/mol. The van der Waals surface area contributed by atoms with Crippen molar-refractivity contribution in [3.05, 3.63) is 35.9 Å². The minimum atomic E-state index is 0.374. The van der Waals surface area contributed by atoms with Crippen LogP contribution in [0.15, 0.2) is 30.3 Å². The SMILES string of the molecule is CO[C@@H]1CNCCC1Cc1ccccc1. The van der Waals surface area contributed by atoms with Crippen LogP contribution in [-0.4, -0.2) is 26.3 Å². The number of ether oxygens (including phenoxy) is 1. The van der Waals surface area contributed by atoms with Crippen molar-refractivity contribution < 1.29 is 4.74 Å². The quantitative estimate of drug-likeness (QED) is 0.813. The molecule has 1 aliphatic rings. The van der Waals surface area contributed by atoms with Gasteiger partial charge >= 0.3 is 0 Å². The van der Waals surface area contributed by atoms with Crippen LogP contribution in [0.2, 0.25) is 0 Å². The van der Waals surface area contributed by atoms with E-state index >= 15 is 0 Å². The Morgan fingerprint density at radius 2 is 2.13 bits per heavy atom. The Balaban J connectivity index is 1.97. The second-order valence-corrected chi connectivity index (χ2v) is 4.22. The highest BCUT2D eigenvalue weighted by molar-refractivity contribution is 5.15. The van der Waals surface area contributed by atoms with Crippen LogP contribution in [0.1, 0.15) is 12.0 Å². The zero-order valence-corrected chi connectivity index (χ0v) is 9.28. The van der Waals surface area contributed by atoms with E-state index in [1.165, 1.54) is 12.0 Å². The molecule has 1 aromatic carbocycles. The van der Waals surface area contributed by atoms with Crippen molar-refractivity contribution in [2.75, 3.05) is 20.2 Å². The molecule has 0 spiro atoms. The van der Waals surface area contributed by atoms with Gasteiger partial charge in [-0.1, -0.05) is 30.3 Å². The molecule has 1 saturated heterocycles. The molecule has 1 aliphatic heterocycles. The van der Waals surface area contributed by atoms with E-state index in [1.54, 1.807) is 0 Å². The zero-order valence-electron chi connectivity index (χ0n) is 9.28. The van der Waals surface area contributed by atoms with Crippen molar-refractivity contribution in [1.82, 2.24) is 5.32 Å². The Morgan fingerprint density at radius 1 is 1.33 bits per heavy atom. The molecule has 82 valence electrons. The first kappa shape index (κ1) is 10.7. The van der Waals surface area contributed by atoms with Crippen molar-refractivity contribution in [2.24, 2.45) is 5.92 Å². The summed E-state index contributed by atoms with van der Waals surface area (Å²) in [7, 11) is 1.82. The number of methoxy groups -OCH3 is 1. The van der Waals surface area contributed by atoms with Crippen LogP contribution in [-0.2, 0) is 11.2 Å². The van der Waals surface area contributed by atoms with Crippen LogP contribution in [0.5, 0.6) is 0 Å². The van der Waals surface area contributed by atoms with E-state index in [0.717, 1.165) is 19.5 Å². The molecule has 1 heterocycles. The molecular formula is C13H19NO. The Hall–Kier alpha value is -0.860. The Kier molecular flexibility index (Phi) is 3.75. The fraction of sp³-hybridized carbons (Fsp3) is 0.538. The Bertz CT molecular complexity index is 286. The molecule has 1 N–H and O–H groups in total. The van der Waals surface area contributed by atoms with Gasteiger partial charge in [0.15, 0.2) is 0 Å². The minimum absolute atomic E-state index is 0.374. The van der Waals surface area contributed by atoms with Crippen molar-refractivity contribution in [2.45, 2.75) is 18.9 Å². The first-order chi connectivity index (χ1) is 7.40. The van der Waals surface area contributed by atoms with E-state index < -0.39 is 0 Å². The van der Waals surface area contributed by atoms with Crippen molar-refractivity contribution in [3.63, 3.8) is 0 Å². The van der Waals surface area contributed by atoms with Crippen LogP contribution in [0.25, 0.3) is 0 Å². The van der Waals surface area contributed by atoms with Crippen LogP contribution in [0.3, 0.4) is 0 Å². The number of rotatable bonds is 3. The van der Waals surface area contributed by atoms with Gasteiger partial charge in [-0.2, -0.15) is 0 Å². The largest absolute Gasteiger partial charge is 0.380 e. The number of hydrogen-bond donors (Lipinski definition) is 1. The molecule has 2 atom stereocenters. The topological polar surface area (TPSA) is 21.3 Å². The molecule has 0 saturated carbocycles. The standard InChI is InChI=1S/C13H19NO/c1-15-13-10-14-8-7-12(13)9-11-5-3-2-4-6-11/h2-6,12-14H,7-10H2,1H3/t12?,13-/m1/s1. The Morgan fingerprint density at radius 3 is 2.87 bits per heavy atom. The summed E-state index contributed by atoms with van der Waals surface area (Å²) in [6, 6.07) is 10.7. The predicted molar refractivity (Wildman–Crippen MR) is 61.9 cm³/mol. The first-order valence-corrected chi connectivity index (χ1v) is 5.67. The van der Waals surface area contributed by atoms with Gasteiger partial charge in [0, 0.05) is 13.7 Å². The number of piperidine rings is 1. The average Bonchev–Trinajstić information content (AvgIpc) is 2.31. The summed E-state index contributed by atoms with van der Waals surface area (Å²) < 4.78 is 5.51. The molecule has 1 fully saturated rings. The number of benzene rings is 1. The van der Waals surface area contributed by atoms with E-state index in [4.69, 9.17) is 4.74 Å². The molecule has 0 amide bonds. The van der Waals surface area contributed by atoms with Gasteiger partial charge in [0.1, 0.15) is 0 Å². The van der Waals surface area contributed by atoms with Crippen LogP contribution >= 0.6 is 0 Å². The molecule has 2 nitrogen and oxygen atoms in total. The maximum absolute atomic E-state index is 5.51. The first-order valence-electron chi connectivity index (χ1n) is 5.67. The van der Waals surface area contributed by atoms with Gasteiger partial charge in [-0.3, -0.25) is 0 Å². The molecule has 0 radical (unpaired) electrons. The second kappa shape index (κ2) is 5.29. The zero-order chi connectivity index (χ0) is 10.5. The number of hydrogen-bond acceptors (Lipinski definition) is 2. The summed E-state index contributed by atoms with van der Waals surface area (Å²) in [6.07, 6.45) is 2.73. The van der Waals surface area contributed by atoms with Gasteiger partial charge in [-0.15, -0.1) is 0 Å². The second-order valence-electron chi connectivity index (χ2n) is 4.22. The predicted octanol–water partition coefficient (Wildman–Crippen LogP) is 1.85. The summed E-state index contributed by atoms with van der Waals surface area (Å²) in [6.45, 7) is 2.12. The monoisotopic (exact) mass is 205 g/mol. The van der Waals surface area contributed by atoms with Crippen molar-refractivity contribution >= 4 is 0 Å². The van der Waals surface area contributed by atoms with E-state index in [1.807, 2.05) is 7.11 Å². The minimum Gasteiger partial charge on any atom is -0.380 e. The highest BCUT2D eigenvalue weighted by Crippen LogP contribution is 2.20. The molecule has 0 bridgehead atoms. The van der Waals surface area contributed by atoms with Crippen molar-refractivity contribution in [1.29, 1.82) is 0 Å². The summed E-state index contributed by atoms with van der Waals surface area (Å²) in [4.78, 5) is 0. The van der Waals surface area contributed by atoms with Crippen LogP contribution in [0, 0.1) is 5.92 Å². The molecule has 15 heavy (non-hydrogen) atoms. The van der Waals surface area contributed by atoms with E-state index in [-0.39, 0.29) is 0 Å². The van der Waals surface area contributed by atoms with Gasteiger partial charge < -0.3 is 10.1 Å². The fourth-order valence-electron chi connectivity index (χ4n) is 2.31. The summed E-state index contributed by atoms with van der Waals surface area (Å²) in [5, 5.41) is 3.38. The summed E-state index contributed by atoms with van der Waals surface area (Å²) >= 11 is 0.